The van der Waals surface area contributed by atoms with Gasteiger partial charge in [-0.25, -0.2) is 0 Å². The maximum Gasteiger partial charge on any atom is 0.0465 e. The van der Waals surface area contributed by atoms with Gasteiger partial charge in [-0.3, -0.25) is 0 Å². The molecule has 1 aliphatic heterocycles. The molecule has 0 bridgehead atoms. The number of rotatable bonds is 5. The van der Waals surface area contributed by atoms with Crippen LogP contribution in [0.4, 0.5) is 17.1 Å². The second-order valence-corrected chi connectivity index (χ2v) is 18.7. The predicted molar refractivity (Wildman–Crippen MR) is 242 cm³/mol. The third-order valence-corrected chi connectivity index (χ3v) is 15.1. The number of benzene rings is 8. The van der Waals surface area contributed by atoms with Gasteiger partial charge in [0.1, 0.15) is 0 Å². The Morgan fingerprint density at radius 2 is 0.789 bits per heavy atom. The van der Waals surface area contributed by atoms with Gasteiger partial charge in [0.25, 0.3) is 0 Å². The fraction of sp³-hybridized carbons (Fsp3) is 0.111. The Hall–Kier alpha value is -5.74. The van der Waals surface area contributed by atoms with E-state index in [1.807, 2.05) is 23.5 Å². The number of hydrogen-bond donors (Lipinski definition) is 0. The molecule has 1 nitrogen and oxygen atoms in total. The molecule has 2 aliphatic carbocycles. The van der Waals surface area contributed by atoms with Gasteiger partial charge in [-0.2, -0.15) is 0 Å². The minimum absolute atomic E-state index is 0.0629. The Morgan fingerprint density at radius 3 is 1.47 bits per heavy atom. The van der Waals surface area contributed by atoms with Crippen molar-refractivity contribution in [3.8, 4) is 44.5 Å². The minimum atomic E-state index is -0.0866. The Kier molecular flexibility index (Phi) is 7.80. The van der Waals surface area contributed by atoms with Crippen molar-refractivity contribution < 1.29 is 0 Å². The van der Waals surface area contributed by atoms with Crippen LogP contribution in [0, 0.1) is 0 Å². The van der Waals surface area contributed by atoms with E-state index in [9.17, 15) is 0 Å². The first-order chi connectivity index (χ1) is 27.7. The van der Waals surface area contributed by atoms with Crippen LogP contribution in [0.15, 0.2) is 196 Å². The molecule has 0 radical (unpaired) electrons. The third kappa shape index (κ3) is 5.47. The molecule has 8 aromatic rings. The molecule has 0 saturated heterocycles. The van der Waals surface area contributed by atoms with Crippen LogP contribution in [0.25, 0.3) is 44.5 Å². The number of nitrogens with zero attached hydrogens (tertiary/aromatic N) is 1. The maximum atomic E-state index is 2.46. The molecular formula is C54H41NS2. The fourth-order valence-corrected chi connectivity index (χ4v) is 11.7. The van der Waals surface area contributed by atoms with E-state index in [0.717, 1.165) is 17.1 Å². The first-order valence-corrected chi connectivity index (χ1v) is 21.5. The molecule has 0 fully saturated rings. The van der Waals surface area contributed by atoms with Gasteiger partial charge in [0.15, 0.2) is 0 Å². The summed E-state index contributed by atoms with van der Waals surface area (Å²) in [5.74, 6) is 0. The van der Waals surface area contributed by atoms with E-state index in [0.29, 0.717) is 0 Å². The molecule has 0 amide bonds. The lowest BCUT2D eigenvalue weighted by Gasteiger charge is -2.28. The van der Waals surface area contributed by atoms with Crippen LogP contribution in [-0.4, -0.2) is 0 Å². The van der Waals surface area contributed by atoms with Crippen molar-refractivity contribution in [2.24, 2.45) is 0 Å². The standard InChI is InChI=1S/C54H41NS2/c1-53(2)45-15-9-8-14-41(45)42-28-27-40(31-47(42)53)55(38-23-18-35(19-24-38)34-12-6-5-7-13-34)39-25-20-36(21-26-39)37-22-29-46-43(30-37)44-32-51-52(33-48(44)54(46,3)4)57-50-17-11-10-16-49(50)56-51/h5-33H,1-4H3. The maximum absolute atomic E-state index is 2.46. The molecule has 0 N–H and O–H groups in total. The molecule has 0 saturated carbocycles. The number of hydrogen-bond acceptors (Lipinski definition) is 3. The van der Waals surface area contributed by atoms with Crippen molar-refractivity contribution in [1.82, 2.24) is 0 Å². The summed E-state index contributed by atoms with van der Waals surface area (Å²) in [6.07, 6.45) is 0. The lowest BCUT2D eigenvalue weighted by Crippen LogP contribution is -2.16. The first kappa shape index (κ1) is 34.5. The van der Waals surface area contributed by atoms with Gasteiger partial charge in [0.05, 0.1) is 0 Å². The normalized spacial score (nSPS) is 14.8. The highest BCUT2D eigenvalue weighted by Crippen LogP contribution is 2.56. The predicted octanol–water partition coefficient (Wildman–Crippen LogP) is 15.7. The summed E-state index contributed by atoms with van der Waals surface area (Å²) in [6.45, 7) is 9.48. The Balaban J connectivity index is 0.976. The van der Waals surface area contributed by atoms with Crippen LogP contribution in [0.2, 0.25) is 0 Å². The monoisotopic (exact) mass is 767 g/mol. The molecule has 0 aromatic heterocycles. The highest BCUT2D eigenvalue weighted by atomic mass is 32.2. The van der Waals surface area contributed by atoms with Crippen LogP contribution in [0.5, 0.6) is 0 Å². The highest BCUT2D eigenvalue weighted by Gasteiger charge is 2.38. The largest absolute Gasteiger partial charge is 0.310 e. The van der Waals surface area contributed by atoms with Crippen molar-refractivity contribution >= 4 is 40.6 Å². The second kappa shape index (κ2) is 12.9. The van der Waals surface area contributed by atoms with Gasteiger partial charge in [0.2, 0.25) is 0 Å². The van der Waals surface area contributed by atoms with E-state index < -0.39 is 0 Å². The zero-order valence-electron chi connectivity index (χ0n) is 32.5. The molecular weight excluding hydrogens is 727 g/mol. The summed E-state index contributed by atoms with van der Waals surface area (Å²) >= 11 is 3.81. The molecule has 3 heteroatoms. The van der Waals surface area contributed by atoms with Crippen LogP contribution in [0.1, 0.15) is 49.9 Å². The van der Waals surface area contributed by atoms with Crippen LogP contribution >= 0.6 is 23.5 Å². The fourth-order valence-electron chi connectivity index (χ4n) is 9.47. The van der Waals surface area contributed by atoms with E-state index >= 15 is 0 Å². The van der Waals surface area contributed by atoms with E-state index in [2.05, 4.69) is 209 Å². The van der Waals surface area contributed by atoms with Gasteiger partial charge in [-0.05, 0) is 133 Å². The lowest BCUT2D eigenvalue weighted by molar-refractivity contribution is 0.657. The smallest absolute Gasteiger partial charge is 0.0465 e. The van der Waals surface area contributed by atoms with E-state index in [-0.39, 0.29) is 10.8 Å². The van der Waals surface area contributed by atoms with Gasteiger partial charge >= 0.3 is 0 Å². The average Bonchev–Trinajstić information content (AvgIpc) is 3.61. The highest BCUT2D eigenvalue weighted by molar-refractivity contribution is 8.05. The summed E-state index contributed by atoms with van der Waals surface area (Å²) in [4.78, 5) is 7.83. The van der Waals surface area contributed by atoms with E-state index in [1.165, 1.54) is 86.3 Å². The summed E-state index contributed by atoms with van der Waals surface area (Å²) in [5.41, 5.74) is 19.1. The molecule has 8 aromatic carbocycles. The summed E-state index contributed by atoms with van der Waals surface area (Å²) in [7, 11) is 0. The SMILES string of the molecule is CC1(C)c2ccccc2-c2ccc(N(c3ccc(-c4ccccc4)cc3)c3ccc(-c4ccc5c(c4)-c4cc6c(cc4C5(C)C)Sc4ccccc4S6)cc3)cc21. The quantitative estimate of drug-likeness (QED) is 0.172. The molecule has 1 heterocycles. The van der Waals surface area contributed by atoms with Gasteiger partial charge in [-0.1, -0.05) is 160 Å². The van der Waals surface area contributed by atoms with Gasteiger partial charge in [-0.15, -0.1) is 0 Å². The molecule has 3 aliphatic rings. The topological polar surface area (TPSA) is 3.24 Å². The molecule has 0 spiro atoms. The van der Waals surface area contributed by atoms with Gasteiger partial charge < -0.3 is 4.90 Å². The third-order valence-electron chi connectivity index (χ3n) is 12.5. The molecule has 0 atom stereocenters. The number of fused-ring (bicyclic) bond motifs is 8. The Morgan fingerprint density at radius 1 is 0.316 bits per heavy atom. The van der Waals surface area contributed by atoms with Crippen molar-refractivity contribution in [3.63, 3.8) is 0 Å². The molecule has 11 rings (SSSR count). The number of anilines is 3. The summed E-state index contributed by atoms with van der Waals surface area (Å²) in [6, 6.07) is 65.6. The Bertz CT molecular complexity index is 2890. The van der Waals surface area contributed by atoms with Crippen LogP contribution < -0.4 is 4.90 Å². The zero-order chi connectivity index (χ0) is 38.5. The second-order valence-electron chi connectivity index (χ2n) is 16.6. The van der Waals surface area contributed by atoms with Crippen LogP contribution in [0.3, 0.4) is 0 Å². The Labute approximate surface area is 344 Å². The molecule has 0 unspecified atom stereocenters. The van der Waals surface area contributed by atoms with Crippen molar-refractivity contribution in [2.75, 3.05) is 4.90 Å². The van der Waals surface area contributed by atoms with E-state index in [4.69, 9.17) is 0 Å². The minimum Gasteiger partial charge on any atom is -0.310 e. The van der Waals surface area contributed by atoms with Crippen LogP contribution in [-0.2, 0) is 10.8 Å². The van der Waals surface area contributed by atoms with E-state index in [1.54, 1.807) is 0 Å². The van der Waals surface area contributed by atoms with Crippen molar-refractivity contribution in [3.05, 3.63) is 198 Å². The molecule has 57 heavy (non-hydrogen) atoms. The lowest BCUT2D eigenvalue weighted by atomic mass is 9.82. The van der Waals surface area contributed by atoms with Crippen molar-refractivity contribution in [1.29, 1.82) is 0 Å². The average molecular weight is 768 g/mol. The molecule has 274 valence electrons. The summed E-state index contributed by atoms with van der Waals surface area (Å²) in [5, 5.41) is 0. The van der Waals surface area contributed by atoms with Crippen molar-refractivity contribution in [2.45, 2.75) is 58.1 Å². The summed E-state index contributed by atoms with van der Waals surface area (Å²) < 4.78 is 0. The zero-order valence-corrected chi connectivity index (χ0v) is 34.1. The first-order valence-electron chi connectivity index (χ1n) is 19.8. The van der Waals surface area contributed by atoms with Gasteiger partial charge in [0, 0.05) is 47.5 Å².